The number of imidazole rings is 1. The monoisotopic (exact) mass is 642 g/mol. The van der Waals surface area contributed by atoms with Crippen molar-refractivity contribution in [2.24, 2.45) is 0 Å². The minimum Gasteiger partial charge on any atom is -0.465 e. The third kappa shape index (κ3) is 5.74. The van der Waals surface area contributed by atoms with Crippen LogP contribution in [0.3, 0.4) is 0 Å². The number of halogens is 1. The average Bonchev–Trinajstić information content (AvgIpc) is 3.57. The van der Waals surface area contributed by atoms with Crippen LogP contribution in [0.15, 0.2) is 157 Å². The van der Waals surface area contributed by atoms with Gasteiger partial charge in [0.15, 0.2) is 0 Å². The maximum Gasteiger partial charge on any atom is 0.337 e. The van der Waals surface area contributed by atoms with Crippen LogP contribution in [0.2, 0.25) is 0 Å². The van der Waals surface area contributed by atoms with E-state index in [2.05, 4.69) is 99.5 Å². The first-order valence-electron chi connectivity index (χ1n) is 14.4. The van der Waals surface area contributed by atoms with Gasteiger partial charge in [0, 0.05) is 16.2 Å². The van der Waals surface area contributed by atoms with Gasteiger partial charge in [-0.15, -0.1) is 0 Å². The van der Waals surface area contributed by atoms with E-state index in [0.29, 0.717) is 12.2 Å². The topological polar surface area (TPSA) is 53.4 Å². The second-order valence-electron chi connectivity index (χ2n) is 10.4. The molecule has 6 aromatic rings. The average molecular weight is 644 g/mol. The van der Waals surface area contributed by atoms with Crippen LogP contribution in [0, 0.1) is 0 Å². The van der Waals surface area contributed by atoms with Gasteiger partial charge in [-0.25, -0.2) is 9.78 Å². The van der Waals surface area contributed by atoms with Crippen LogP contribution in [-0.4, -0.2) is 22.6 Å². The molecule has 0 amide bonds. The van der Waals surface area contributed by atoms with Crippen LogP contribution in [0.1, 0.15) is 50.0 Å². The molecule has 0 saturated heterocycles. The number of aromatic nitrogens is 2. The van der Waals surface area contributed by atoms with Crippen LogP contribution in [0.5, 0.6) is 0 Å². The zero-order valence-corrected chi connectivity index (χ0v) is 25.8. The van der Waals surface area contributed by atoms with Crippen molar-refractivity contribution in [1.29, 1.82) is 0 Å². The lowest BCUT2D eigenvalue weighted by Gasteiger charge is -2.37. The van der Waals surface area contributed by atoms with Gasteiger partial charge in [0.1, 0.15) is 11.6 Å². The molecule has 1 atom stereocenters. The first-order chi connectivity index (χ1) is 21.6. The van der Waals surface area contributed by atoms with Crippen LogP contribution in [0.25, 0.3) is 0 Å². The highest BCUT2D eigenvalue weighted by Gasteiger charge is 2.39. The van der Waals surface area contributed by atoms with E-state index in [-0.39, 0.29) is 5.97 Å². The number of ether oxygens (including phenoxy) is 2. The van der Waals surface area contributed by atoms with E-state index in [1.807, 2.05) is 60.9 Å². The van der Waals surface area contributed by atoms with Gasteiger partial charge in [0.2, 0.25) is 0 Å². The third-order valence-corrected chi connectivity index (χ3v) is 8.53. The normalized spacial score (nSPS) is 12.0. The van der Waals surface area contributed by atoms with Crippen molar-refractivity contribution in [1.82, 2.24) is 9.55 Å². The number of nitrogens with zero attached hydrogens (tertiary/aromatic N) is 2. The lowest BCUT2D eigenvalue weighted by atomic mass is 9.77. The summed E-state index contributed by atoms with van der Waals surface area (Å²) in [4.78, 5) is 16.9. The quantitative estimate of drug-likeness (QED) is 0.111. The van der Waals surface area contributed by atoms with Crippen LogP contribution >= 0.6 is 15.9 Å². The standard InChI is InChI=1S/C38H31BrN2O3/c1-43-37(42)29-23-21-28(22-24-29)26-44-36(33-19-11-12-20-34(33)39)35-25-41(27-40-35)38(30-13-5-2-6-14-30,31-15-7-3-8-16-31)32-17-9-4-10-18-32/h2-25,27,36H,26H2,1H3. The lowest BCUT2D eigenvalue weighted by molar-refractivity contribution is 0.0597. The number of benzene rings is 5. The number of carbonyl (C=O) groups excluding carboxylic acids is 1. The van der Waals surface area contributed by atoms with E-state index in [1.54, 1.807) is 12.1 Å². The Hall–Kier alpha value is -4.78. The minimum atomic E-state index is -0.683. The number of carbonyl (C=O) groups is 1. The molecule has 1 unspecified atom stereocenters. The predicted molar refractivity (Wildman–Crippen MR) is 175 cm³/mol. The summed E-state index contributed by atoms with van der Waals surface area (Å²) < 4.78 is 14.6. The van der Waals surface area contributed by atoms with E-state index in [9.17, 15) is 4.79 Å². The maximum absolute atomic E-state index is 11.9. The maximum atomic E-state index is 11.9. The van der Waals surface area contributed by atoms with Crippen molar-refractivity contribution in [2.45, 2.75) is 18.2 Å². The SMILES string of the molecule is COC(=O)c1ccc(COC(c2cn(C(c3ccccc3)(c3ccccc3)c3ccccc3)cn2)c2ccccc2Br)cc1. The van der Waals surface area contributed by atoms with Crippen molar-refractivity contribution in [2.75, 3.05) is 7.11 Å². The first kappa shape index (κ1) is 29.3. The van der Waals surface area contributed by atoms with Crippen molar-refractivity contribution in [3.63, 3.8) is 0 Å². The molecule has 6 heteroatoms. The zero-order valence-electron chi connectivity index (χ0n) is 24.2. The molecule has 0 fully saturated rings. The second-order valence-corrected chi connectivity index (χ2v) is 11.3. The Bertz CT molecular complexity index is 1720. The Morgan fingerprint density at radius 3 is 1.80 bits per heavy atom. The minimum absolute atomic E-state index is 0.321. The summed E-state index contributed by atoms with van der Waals surface area (Å²) in [6.07, 6.45) is 3.53. The van der Waals surface area contributed by atoms with Gasteiger partial charge in [0.25, 0.3) is 0 Å². The Kier molecular flexibility index (Phi) is 8.82. The number of esters is 1. The molecule has 218 valence electrons. The Balaban J connectivity index is 1.46. The smallest absolute Gasteiger partial charge is 0.337 e. The zero-order chi connectivity index (χ0) is 30.4. The third-order valence-electron chi connectivity index (χ3n) is 7.81. The molecule has 1 aromatic heterocycles. The molecular formula is C38H31BrN2O3. The van der Waals surface area contributed by atoms with Crippen LogP contribution in [-0.2, 0) is 21.6 Å². The number of methoxy groups -OCH3 is 1. The fourth-order valence-electron chi connectivity index (χ4n) is 5.70. The molecule has 0 N–H and O–H groups in total. The Morgan fingerprint density at radius 2 is 1.27 bits per heavy atom. The molecule has 0 radical (unpaired) electrons. The highest BCUT2D eigenvalue weighted by molar-refractivity contribution is 9.10. The summed E-state index contributed by atoms with van der Waals surface area (Å²) >= 11 is 3.74. The second kappa shape index (κ2) is 13.2. The molecule has 6 rings (SSSR count). The molecule has 1 heterocycles. The lowest BCUT2D eigenvalue weighted by Crippen LogP contribution is -2.37. The summed E-state index contributed by atoms with van der Waals surface area (Å²) in [7, 11) is 1.38. The molecule has 0 spiro atoms. The van der Waals surface area contributed by atoms with E-state index in [4.69, 9.17) is 14.5 Å². The van der Waals surface area contributed by atoms with Gasteiger partial charge in [-0.1, -0.05) is 137 Å². The van der Waals surface area contributed by atoms with E-state index in [0.717, 1.165) is 38.0 Å². The molecule has 0 aliphatic carbocycles. The number of hydrogen-bond donors (Lipinski definition) is 0. The van der Waals surface area contributed by atoms with Gasteiger partial charge in [-0.2, -0.15) is 0 Å². The Morgan fingerprint density at radius 1 is 0.750 bits per heavy atom. The summed E-state index contributed by atoms with van der Waals surface area (Å²) in [5.41, 5.74) is 5.83. The van der Waals surface area contributed by atoms with E-state index >= 15 is 0 Å². The van der Waals surface area contributed by atoms with Crippen LogP contribution in [0.4, 0.5) is 0 Å². The largest absolute Gasteiger partial charge is 0.465 e. The molecule has 0 saturated carbocycles. The van der Waals surface area contributed by atoms with Crippen molar-refractivity contribution < 1.29 is 14.3 Å². The van der Waals surface area contributed by atoms with E-state index < -0.39 is 11.6 Å². The number of rotatable bonds is 10. The highest BCUT2D eigenvalue weighted by atomic mass is 79.9. The summed E-state index contributed by atoms with van der Waals surface area (Å²) in [5.74, 6) is -0.368. The summed E-state index contributed by atoms with van der Waals surface area (Å²) in [6, 6.07) is 46.9. The Labute approximate surface area is 265 Å². The molecule has 0 bridgehead atoms. The van der Waals surface area contributed by atoms with Gasteiger partial charge in [-0.3, -0.25) is 0 Å². The molecule has 0 aliphatic heterocycles. The molecule has 5 nitrogen and oxygen atoms in total. The van der Waals surface area contributed by atoms with Crippen LogP contribution < -0.4 is 0 Å². The van der Waals surface area contributed by atoms with E-state index in [1.165, 1.54) is 7.11 Å². The molecule has 44 heavy (non-hydrogen) atoms. The number of hydrogen-bond acceptors (Lipinski definition) is 4. The summed E-state index contributed by atoms with van der Waals surface area (Å²) in [6.45, 7) is 0.321. The van der Waals surface area contributed by atoms with Gasteiger partial charge in [-0.05, 0) is 40.5 Å². The fourth-order valence-corrected chi connectivity index (χ4v) is 6.19. The fraction of sp³-hybridized carbons (Fsp3) is 0.105. The van der Waals surface area contributed by atoms with Gasteiger partial charge < -0.3 is 14.0 Å². The molecule has 5 aromatic carbocycles. The molecular weight excluding hydrogens is 612 g/mol. The first-order valence-corrected chi connectivity index (χ1v) is 15.1. The van der Waals surface area contributed by atoms with Crippen molar-refractivity contribution in [3.05, 3.63) is 196 Å². The van der Waals surface area contributed by atoms with Crippen molar-refractivity contribution >= 4 is 21.9 Å². The molecule has 0 aliphatic rings. The van der Waals surface area contributed by atoms with Gasteiger partial charge in [0.05, 0.1) is 31.3 Å². The van der Waals surface area contributed by atoms with Crippen molar-refractivity contribution in [3.8, 4) is 0 Å². The highest BCUT2D eigenvalue weighted by Crippen LogP contribution is 2.42. The summed E-state index contributed by atoms with van der Waals surface area (Å²) in [5, 5.41) is 0. The predicted octanol–water partition coefficient (Wildman–Crippen LogP) is 8.58. The van der Waals surface area contributed by atoms with Gasteiger partial charge >= 0.3 is 5.97 Å².